The van der Waals surface area contributed by atoms with Gasteiger partial charge >= 0.3 is 0 Å². The molecular formula is C16H18N4S. The summed E-state index contributed by atoms with van der Waals surface area (Å²) < 4.78 is 0. The number of hydrogen-bond donors (Lipinski definition) is 2. The van der Waals surface area contributed by atoms with Crippen LogP contribution in [-0.2, 0) is 6.54 Å². The quantitative estimate of drug-likeness (QED) is 0.756. The van der Waals surface area contributed by atoms with Crippen LogP contribution in [-0.4, -0.2) is 21.5 Å². The number of aryl methyl sites for hydroxylation is 1. The number of fused-ring (bicyclic) bond motifs is 1. The normalized spacial score (nSPS) is 11.1. The number of hydrogen-bond acceptors (Lipinski definition) is 4. The van der Waals surface area contributed by atoms with Gasteiger partial charge in [0.25, 0.3) is 0 Å². The van der Waals surface area contributed by atoms with Crippen LogP contribution in [0.1, 0.15) is 18.1 Å². The Kier molecular flexibility index (Phi) is 4.22. The Labute approximate surface area is 128 Å². The van der Waals surface area contributed by atoms with Gasteiger partial charge in [-0.15, -0.1) is 0 Å². The van der Waals surface area contributed by atoms with Crippen molar-refractivity contribution in [1.82, 2.24) is 20.3 Å². The van der Waals surface area contributed by atoms with Gasteiger partial charge in [0.05, 0.1) is 11.0 Å². The van der Waals surface area contributed by atoms with Gasteiger partial charge in [-0.25, -0.2) is 9.97 Å². The molecule has 2 N–H and O–H groups in total. The molecule has 0 fully saturated rings. The molecule has 0 amide bonds. The second kappa shape index (κ2) is 6.28. The fraction of sp³-hybridized carbons (Fsp3) is 0.250. The topological polar surface area (TPSA) is 53.6 Å². The van der Waals surface area contributed by atoms with E-state index in [-0.39, 0.29) is 0 Å². The third kappa shape index (κ3) is 3.43. The molecule has 0 saturated heterocycles. The minimum Gasteiger partial charge on any atom is -0.333 e. The predicted molar refractivity (Wildman–Crippen MR) is 86.6 cm³/mol. The monoisotopic (exact) mass is 298 g/mol. The first-order valence-corrected chi connectivity index (χ1v) is 7.86. The highest BCUT2D eigenvalue weighted by Gasteiger charge is 2.05. The molecular weight excluding hydrogens is 280 g/mol. The first-order chi connectivity index (χ1) is 10.2. The van der Waals surface area contributed by atoms with Gasteiger partial charge in [0.1, 0.15) is 5.03 Å². The number of nitrogens with one attached hydrogen (secondary N) is 2. The molecule has 0 saturated carbocycles. The number of H-pyrrole nitrogens is 1. The molecule has 2 heterocycles. The molecule has 0 bridgehead atoms. The number of benzene rings is 1. The van der Waals surface area contributed by atoms with Crippen molar-refractivity contribution in [1.29, 1.82) is 0 Å². The van der Waals surface area contributed by atoms with E-state index in [1.807, 2.05) is 18.3 Å². The fourth-order valence-electron chi connectivity index (χ4n) is 2.09. The van der Waals surface area contributed by atoms with Crippen molar-refractivity contribution >= 4 is 22.8 Å². The van der Waals surface area contributed by atoms with Crippen molar-refractivity contribution in [2.75, 3.05) is 6.54 Å². The van der Waals surface area contributed by atoms with Crippen LogP contribution >= 0.6 is 11.8 Å². The Bertz CT molecular complexity index is 734. The zero-order valence-electron chi connectivity index (χ0n) is 12.2. The standard InChI is InChI=1S/C16H18N4S/c1-3-17-9-12-5-7-15(18-10-12)21-16-19-13-6-4-11(2)8-14(13)20-16/h4-8,10,17H,3,9H2,1-2H3,(H,19,20). The van der Waals surface area contributed by atoms with Crippen molar-refractivity contribution in [3.63, 3.8) is 0 Å². The first-order valence-electron chi connectivity index (χ1n) is 7.04. The molecule has 0 aliphatic carbocycles. The first kappa shape index (κ1) is 14.1. The molecule has 3 rings (SSSR count). The minimum absolute atomic E-state index is 0.859. The van der Waals surface area contributed by atoms with Crippen LogP contribution in [0, 0.1) is 6.92 Å². The molecule has 21 heavy (non-hydrogen) atoms. The van der Waals surface area contributed by atoms with Crippen molar-refractivity contribution < 1.29 is 0 Å². The zero-order valence-corrected chi connectivity index (χ0v) is 13.0. The van der Waals surface area contributed by atoms with Crippen molar-refractivity contribution in [2.24, 2.45) is 0 Å². The van der Waals surface area contributed by atoms with E-state index in [1.54, 1.807) is 11.8 Å². The lowest BCUT2D eigenvalue weighted by Crippen LogP contribution is -2.11. The predicted octanol–water partition coefficient (Wildman–Crippen LogP) is 3.53. The van der Waals surface area contributed by atoms with Crippen LogP contribution in [0.25, 0.3) is 11.0 Å². The van der Waals surface area contributed by atoms with Crippen molar-refractivity contribution in [2.45, 2.75) is 30.6 Å². The van der Waals surface area contributed by atoms with E-state index in [1.165, 1.54) is 11.1 Å². The van der Waals surface area contributed by atoms with Crippen LogP contribution in [0.3, 0.4) is 0 Å². The highest BCUT2D eigenvalue weighted by molar-refractivity contribution is 7.99. The van der Waals surface area contributed by atoms with E-state index < -0.39 is 0 Å². The molecule has 0 aliphatic rings. The number of rotatable bonds is 5. The number of aromatic nitrogens is 3. The molecule has 1 aromatic carbocycles. The van der Waals surface area contributed by atoms with Crippen LogP contribution in [0.2, 0.25) is 0 Å². The molecule has 0 atom stereocenters. The minimum atomic E-state index is 0.859. The molecule has 0 unspecified atom stereocenters. The maximum Gasteiger partial charge on any atom is 0.172 e. The third-order valence-electron chi connectivity index (χ3n) is 3.19. The van der Waals surface area contributed by atoms with E-state index in [0.29, 0.717) is 0 Å². The largest absolute Gasteiger partial charge is 0.333 e. The lowest BCUT2D eigenvalue weighted by molar-refractivity contribution is 0.723. The summed E-state index contributed by atoms with van der Waals surface area (Å²) >= 11 is 1.55. The average Bonchev–Trinajstić information content (AvgIpc) is 2.88. The van der Waals surface area contributed by atoms with Gasteiger partial charge in [0.2, 0.25) is 0 Å². The fourth-order valence-corrected chi connectivity index (χ4v) is 2.84. The average molecular weight is 298 g/mol. The Morgan fingerprint density at radius 2 is 2.14 bits per heavy atom. The summed E-state index contributed by atoms with van der Waals surface area (Å²) in [6.45, 7) is 6.01. The third-order valence-corrected chi connectivity index (χ3v) is 4.03. The smallest absolute Gasteiger partial charge is 0.172 e. The molecule has 4 nitrogen and oxygen atoms in total. The number of pyridine rings is 1. The summed E-state index contributed by atoms with van der Waals surface area (Å²) in [5.41, 5.74) is 4.49. The lowest BCUT2D eigenvalue weighted by atomic mass is 10.2. The van der Waals surface area contributed by atoms with Crippen LogP contribution in [0.5, 0.6) is 0 Å². The Morgan fingerprint density at radius 3 is 2.90 bits per heavy atom. The summed E-state index contributed by atoms with van der Waals surface area (Å²) in [4.78, 5) is 12.4. The van der Waals surface area contributed by atoms with E-state index in [2.05, 4.69) is 52.3 Å². The van der Waals surface area contributed by atoms with Gasteiger partial charge in [-0.1, -0.05) is 19.1 Å². The second-order valence-corrected chi connectivity index (χ2v) is 5.96. The van der Waals surface area contributed by atoms with Gasteiger partial charge in [0, 0.05) is 12.7 Å². The van der Waals surface area contributed by atoms with Gasteiger partial charge in [-0.05, 0) is 54.6 Å². The molecule has 108 valence electrons. The summed E-state index contributed by atoms with van der Waals surface area (Å²) in [5, 5.41) is 5.12. The Morgan fingerprint density at radius 1 is 1.24 bits per heavy atom. The zero-order chi connectivity index (χ0) is 14.7. The molecule has 0 radical (unpaired) electrons. The van der Waals surface area contributed by atoms with Crippen molar-refractivity contribution in [3.8, 4) is 0 Å². The number of imidazole rings is 1. The van der Waals surface area contributed by atoms with Gasteiger partial charge < -0.3 is 10.3 Å². The van der Waals surface area contributed by atoms with E-state index >= 15 is 0 Å². The summed E-state index contributed by atoms with van der Waals surface area (Å²) in [7, 11) is 0. The number of nitrogens with zero attached hydrogens (tertiary/aromatic N) is 2. The molecule has 2 aromatic heterocycles. The van der Waals surface area contributed by atoms with Gasteiger partial charge in [-0.2, -0.15) is 0 Å². The van der Waals surface area contributed by atoms with E-state index in [4.69, 9.17) is 0 Å². The summed E-state index contributed by atoms with van der Waals surface area (Å²) in [6, 6.07) is 10.4. The molecule has 0 spiro atoms. The van der Waals surface area contributed by atoms with Gasteiger partial charge in [0.15, 0.2) is 5.16 Å². The molecule has 5 heteroatoms. The number of aromatic amines is 1. The lowest BCUT2D eigenvalue weighted by Gasteiger charge is -2.02. The Balaban J connectivity index is 1.75. The molecule has 3 aromatic rings. The Hall–Kier alpha value is -1.85. The SMILES string of the molecule is CCNCc1ccc(Sc2nc3ccc(C)cc3[nH]2)nc1. The highest BCUT2D eigenvalue weighted by Crippen LogP contribution is 2.26. The molecule has 0 aliphatic heterocycles. The van der Waals surface area contributed by atoms with Crippen LogP contribution < -0.4 is 5.32 Å². The van der Waals surface area contributed by atoms with Gasteiger partial charge in [-0.3, -0.25) is 0 Å². The summed E-state index contributed by atoms with van der Waals surface area (Å²) in [5.74, 6) is 0. The van der Waals surface area contributed by atoms with E-state index in [9.17, 15) is 0 Å². The second-order valence-electron chi connectivity index (χ2n) is 4.95. The summed E-state index contributed by atoms with van der Waals surface area (Å²) in [6.07, 6.45) is 1.91. The highest BCUT2D eigenvalue weighted by atomic mass is 32.2. The maximum atomic E-state index is 4.58. The van der Waals surface area contributed by atoms with Crippen LogP contribution in [0.4, 0.5) is 0 Å². The maximum absolute atomic E-state index is 4.58. The van der Waals surface area contributed by atoms with Crippen LogP contribution in [0.15, 0.2) is 46.7 Å². The van der Waals surface area contributed by atoms with E-state index in [0.717, 1.165) is 34.3 Å². The van der Waals surface area contributed by atoms with Crippen molar-refractivity contribution in [3.05, 3.63) is 47.7 Å².